The topological polar surface area (TPSA) is 47.6 Å². The molecule has 2 N–H and O–H groups in total. The second-order valence-corrected chi connectivity index (χ2v) is 7.62. The molecule has 5 heteroatoms. The summed E-state index contributed by atoms with van der Waals surface area (Å²) in [6.07, 6.45) is 3.76. The van der Waals surface area contributed by atoms with Crippen molar-refractivity contribution < 1.29 is 4.79 Å². The summed E-state index contributed by atoms with van der Waals surface area (Å²) in [6.45, 7) is 9.21. The Morgan fingerprint density at radius 1 is 1.12 bits per heavy atom. The molecule has 2 amide bonds. The molecule has 138 valence electrons. The summed E-state index contributed by atoms with van der Waals surface area (Å²) in [7, 11) is 0. The lowest BCUT2D eigenvalue weighted by molar-refractivity contribution is 0.183. The molecular formula is C20H32N4O. The van der Waals surface area contributed by atoms with Gasteiger partial charge in [-0.15, -0.1) is 0 Å². The number of hydrogen-bond acceptors (Lipinski definition) is 3. The van der Waals surface area contributed by atoms with Gasteiger partial charge >= 0.3 is 6.03 Å². The Kier molecular flexibility index (Phi) is 6.56. The molecule has 2 aliphatic rings. The van der Waals surface area contributed by atoms with Gasteiger partial charge < -0.3 is 20.4 Å². The molecule has 0 radical (unpaired) electrons. The predicted octanol–water partition coefficient (Wildman–Crippen LogP) is 2.54. The van der Waals surface area contributed by atoms with Crippen LogP contribution in [0, 0.1) is 11.8 Å². The largest absolute Gasteiger partial charge is 0.371 e. The van der Waals surface area contributed by atoms with E-state index in [0.29, 0.717) is 5.92 Å². The monoisotopic (exact) mass is 344 g/mol. The van der Waals surface area contributed by atoms with Crippen LogP contribution in [0.15, 0.2) is 30.3 Å². The number of carbonyl (C=O) groups excluding carboxylic acids is 1. The maximum atomic E-state index is 12.0. The van der Waals surface area contributed by atoms with Crippen molar-refractivity contribution in [2.75, 3.05) is 50.7 Å². The Bertz CT molecular complexity index is 536. The number of nitrogens with zero attached hydrogens (tertiary/aromatic N) is 2. The molecule has 2 fully saturated rings. The molecule has 0 saturated carbocycles. The average molecular weight is 345 g/mol. The van der Waals surface area contributed by atoms with Crippen LogP contribution in [0.2, 0.25) is 0 Å². The fraction of sp³-hybridized carbons (Fsp3) is 0.650. The lowest BCUT2D eigenvalue weighted by Gasteiger charge is -2.30. The van der Waals surface area contributed by atoms with E-state index < -0.39 is 0 Å². The minimum Gasteiger partial charge on any atom is -0.371 e. The van der Waals surface area contributed by atoms with Gasteiger partial charge in [0.25, 0.3) is 0 Å². The summed E-state index contributed by atoms with van der Waals surface area (Å²) >= 11 is 0. The van der Waals surface area contributed by atoms with E-state index in [-0.39, 0.29) is 6.03 Å². The predicted molar refractivity (Wildman–Crippen MR) is 103 cm³/mol. The van der Waals surface area contributed by atoms with Crippen molar-refractivity contribution in [2.24, 2.45) is 11.8 Å². The van der Waals surface area contributed by atoms with E-state index in [1.807, 2.05) is 6.07 Å². The molecule has 0 aliphatic carbocycles. The number of hydrogen-bond donors (Lipinski definition) is 2. The molecule has 0 bridgehead atoms. The van der Waals surface area contributed by atoms with E-state index in [1.54, 1.807) is 0 Å². The summed E-state index contributed by atoms with van der Waals surface area (Å²) in [5.41, 5.74) is 1.28. The van der Waals surface area contributed by atoms with Gasteiger partial charge in [0.2, 0.25) is 0 Å². The van der Waals surface area contributed by atoms with Crippen LogP contribution in [0.3, 0.4) is 0 Å². The van der Waals surface area contributed by atoms with Crippen LogP contribution in [0.5, 0.6) is 0 Å². The maximum Gasteiger partial charge on any atom is 0.314 e. The van der Waals surface area contributed by atoms with Gasteiger partial charge in [-0.25, -0.2) is 4.79 Å². The van der Waals surface area contributed by atoms with Crippen molar-refractivity contribution in [1.82, 2.24) is 15.5 Å². The molecule has 2 unspecified atom stereocenters. The Balaban J connectivity index is 1.29. The Hall–Kier alpha value is -1.75. The lowest BCUT2D eigenvalue weighted by atomic mass is 10.0. The fourth-order valence-corrected chi connectivity index (χ4v) is 3.99. The summed E-state index contributed by atoms with van der Waals surface area (Å²) < 4.78 is 0. The Morgan fingerprint density at radius 3 is 2.76 bits per heavy atom. The number of piperidine rings is 1. The van der Waals surface area contributed by atoms with E-state index >= 15 is 0 Å². The summed E-state index contributed by atoms with van der Waals surface area (Å²) in [5.74, 6) is 1.33. The number of amides is 2. The van der Waals surface area contributed by atoms with Crippen LogP contribution in [0.4, 0.5) is 10.5 Å². The van der Waals surface area contributed by atoms with Crippen molar-refractivity contribution in [2.45, 2.75) is 26.2 Å². The van der Waals surface area contributed by atoms with E-state index in [2.05, 4.69) is 51.6 Å². The van der Waals surface area contributed by atoms with Crippen molar-refractivity contribution >= 4 is 11.7 Å². The van der Waals surface area contributed by atoms with E-state index in [9.17, 15) is 4.79 Å². The first-order valence-corrected chi connectivity index (χ1v) is 9.75. The zero-order valence-corrected chi connectivity index (χ0v) is 15.4. The van der Waals surface area contributed by atoms with Gasteiger partial charge in [0.05, 0.1) is 0 Å². The molecule has 2 atom stereocenters. The first kappa shape index (κ1) is 18.1. The molecule has 2 aliphatic heterocycles. The number of likely N-dealkylation sites (tertiary alicyclic amines) is 1. The van der Waals surface area contributed by atoms with Crippen molar-refractivity contribution in [1.29, 1.82) is 0 Å². The highest BCUT2D eigenvalue weighted by molar-refractivity contribution is 5.73. The van der Waals surface area contributed by atoms with Crippen molar-refractivity contribution in [3.63, 3.8) is 0 Å². The highest BCUT2D eigenvalue weighted by Gasteiger charge is 2.23. The Morgan fingerprint density at radius 2 is 1.96 bits per heavy atom. The fourth-order valence-electron chi connectivity index (χ4n) is 3.99. The normalized spacial score (nSPS) is 24.3. The molecular weight excluding hydrogens is 312 g/mol. The molecule has 1 aromatic carbocycles. The first-order chi connectivity index (χ1) is 12.2. The second-order valence-electron chi connectivity index (χ2n) is 7.62. The van der Waals surface area contributed by atoms with Crippen LogP contribution < -0.4 is 15.5 Å². The van der Waals surface area contributed by atoms with Gasteiger partial charge in [-0.1, -0.05) is 25.1 Å². The molecule has 2 saturated heterocycles. The third-order valence-electron chi connectivity index (χ3n) is 5.41. The maximum absolute atomic E-state index is 12.0. The summed E-state index contributed by atoms with van der Waals surface area (Å²) in [4.78, 5) is 16.9. The number of carbonyl (C=O) groups is 1. The third kappa shape index (κ3) is 5.63. The molecule has 3 rings (SSSR count). The SMILES string of the molecule is CC1CCCN(CCNC(=O)NCC2CCN(c3ccccc3)C2)C1. The highest BCUT2D eigenvalue weighted by atomic mass is 16.2. The van der Waals surface area contributed by atoms with E-state index in [1.165, 1.54) is 31.6 Å². The standard InChI is InChI=1S/C20H32N4O/c1-17-6-5-11-23(15-17)13-10-21-20(25)22-14-18-9-12-24(16-18)19-7-3-2-4-8-19/h2-4,7-8,17-18H,5-6,9-16H2,1H3,(H2,21,22,25). The first-order valence-electron chi connectivity index (χ1n) is 9.75. The van der Waals surface area contributed by atoms with Crippen LogP contribution >= 0.6 is 0 Å². The summed E-state index contributed by atoms with van der Waals surface area (Å²) in [6, 6.07) is 10.5. The van der Waals surface area contributed by atoms with Gasteiger partial charge in [0.15, 0.2) is 0 Å². The molecule has 2 heterocycles. The number of rotatable bonds is 6. The average Bonchev–Trinajstić information content (AvgIpc) is 3.10. The van der Waals surface area contributed by atoms with Gasteiger partial charge in [-0.3, -0.25) is 0 Å². The van der Waals surface area contributed by atoms with E-state index in [4.69, 9.17) is 0 Å². The molecule has 25 heavy (non-hydrogen) atoms. The van der Waals surface area contributed by atoms with Crippen LogP contribution in [0.25, 0.3) is 0 Å². The van der Waals surface area contributed by atoms with Crippen LogP contribution in [-0.4, -0.2) is 56.7 Å². The second kappa shape index (κ2) is 9.09. The highest BCUT2D eigenvalue weighted by Crippen LogP contribution is 2.22. The minimum absolute atomic E-state index is 0.0248. The van der Waals surface area contributed by atoms with Crippen LogP contribution in [-0.2, 0) is 0 Å². The van der Waals surface area contributed by atoms with Crippen molar-refractivity contribution in [3.8, 4) is 0 Å². The zero-order valence-electron chi connectivity index (χ0n) is 15.4. The van der Waals surface area contributed by atoms with Gasteiger partial charge in [-0.05, 0) is 49.8 Å². The van der Waals surface area contributed by atoms with Gasteiger partial charge in [0.1, 0.15) is 0 Å². The smallest absolute Gasteiger partial charge is 0.314 e. The summed E-state index contributed by atoms with van der Waals surface area (Å²) in [5, 5.41) is 6.05. The van der Waals surface area contributed by atoms with Crippen molar-refractivity contribution in [3.05, 3.63) is 30.3 Å². The number of para-hydroxylation sites is 1. The number of benzene rings is 1. The van der Waals surface area contributed by atoms with Crippen LogP contribution in [0.1, 0.15) is 26.2 Å². The zero-order chi connectivity index (χ0) is 17.5. The minimum atomic E-state index is -0.0248. The number of urea groups is 1. The quantitative estimate of drug-likeness (QED) is 0.834. The Labute approximate surface area is 151 Å². The number of anilines is 1. The van der Waals surface area contributed by atoms with Gasteiger partial charge in [-0.2, -0.15) is 0 Å². The van der Waals surface area contributed by atoms with Gasteiger partial charge in [0, 0.05) is 45.0 Å². The molecule has 5 nitrogen and oxygen atoms in total. The molecule has 0 spiro atoms. The lowest BCUT2D eigenvalue weighted by Crippen LogP contribution is -2.44. The number of nitrogens with one attached hydrogen (secondary N) is 2. The third-order valence-corrected chi connectivity index (χ3v) is 5.41. The molecule has 0 aromatic heterocycles. The van der Waals surface area contributed by atoms with E-state index in [0.717, 1.165) is 45.1 Å². The molecule has 1 aromatic rings.